The highest BCUT2D eigenvalue weighted by molar-refractivity contribution is 7.97. The maximum atomic E-state index is 10.9. The predicted molar refractivity (Wildman–Crippen MR) is 81.5 cm³/mol. The Morgan fingerprint density at radius 1 is 1.12 bits per heavy atom. The third kappa shape index (κ3) is 5.74. The van der Waals surface area contributed by atoms with Crippen LogP contribution in [0.1, 0.15) is 0 Å². The smallest absolute Gasteiger partial charge is 0.394 e. The highest BCUT2D eigenvalue weighted by Gasteiger charge is 2.51. The second-order valence-corrected chi connectivity index (χ2v) is 8.84. The normalized spacial score (nSPS) is 33.2. The van der Waals surface area contributed by atoms with Crippen LogP contribution in [-0.4, -0.2) is 115 Å². The molecule has 8 atom stereocenters. The molecule has 0 spiro atoms. The molecule has 13 heteroatoms. The SMILES string of the molecule is O=S(=O)(O)O[C@H]([C@H](O)[C@@H](O)CO)[C@@H](O)C[S+]1C[C@@H](O)[C@H](O)[C@H]1CO. The number of aliphatic hydroxyl groups is 7. The lowest BCUT2D eigenvalue weighted by atomic mass is 10.0. The third-order valence-electron chi connectivity index (χ3n) is 3.68. The van der Waals surface area contributed by atoms with Crippen molar-refractivity contribution in [1.29, 1.82) is 0 Å². The monoisotopic (exact) mass is 395 g/mol. The minimum absolute atomic E-state index is 0.0285. The van der Waals surface area contributed by atoms with E-state index in [-0.39, 0.29) is 11.5 Å². The van der Waals surface area contributed by atoms with Crippen molar-refractivity contribution >= 4 is 21.3 Å². The third-order valence-corrected chi connectivity index (χ3v) is 6.97. The largest absolute Gasteiger partial charge is 0.397 e. The summed E-state index contributed by atoms with van der Waals surface area (Å²) in [7, 11) is -6.03. The number of hydrogen-bond acceptors (Lipinski definition) is 10. The van der Waals surface area contributed by atoms with E-state index in [2.05, 4.69) is 4.18 Å². The summed E-state index contributed by atoms with van der Waals surface area (Å²) >= 11 is 0. The molecule has 0 aromatic rings. The van der Waals surface area contributed by atoms with Crippen LogP contribution in [0.2, 0.25) is 0 Å². The van der Waals surface area contributed by atoms with Gasteiger partial charge >= 0.3 is 10.4 Å². The van der Waals surface area contributed by atoms with Crippen molar-refractivity contribution in [3.05, 3.63) is 0 Å². The van der Waals surface area contributed by atoms with Crippen molar-refractivity contribution < 1.29 is 52.9 Å². The zero-order chi connectivity index (χ0) is 18.7. The van der Waals surface area contributed by atoms with Crippen molar-refractivity contribution in [1.82, 2.24) is 0 Å². The average molecular weight is 395 g/mol. The fourth-order valence-electron chi connectivity index (χ4n) is 2.42. The van der Waals surface area contributed by atoms with E-state index in [1.165, 1.54) is 0 Å². The first-order valence-corrected chi connectivity index (χ1v) is 9.95. The van der Waals surface area contributed by atoms with Gasteiger partial charge in [-0.3, -0.25) is 4.55 Å². The lowest BCUT2D eigenvalue weighted by molar-refractivity contribution is -0.0999. The molecule has 0 radical (unpaired) electrons. The Balaban J connectivity index is 2.89. The maximum Gasteiger partial charge on any atom is 0.397 e. The predicted octanol–water partition coefficient (Wildman–Crippen LogP) is -5.04. The highest BCUT2D eigenvalue weighted by atomic mass is 32.3. The van der Waals surface area contributed by atoms with E-state index in [1.807, 2.05) is 0 Å². The summed E-state index contributed by atoms with van der Waals surface area (Å²) < 4.78 is 34.7. The standard InChI is InChI=1S/C11H22O11S2/c12-1-5(14)10(18)11(22-24(19,20)21)7(16)4-23-3-6(15)9(17)8(23)2-13/h5-18H,1-4H2/p+1/t5-,6+,7-,8+,9-,10+,11-,23?/m0/s1. The van der Waals surface area contributed by atoms with Gasteiger partial charge in [0.15, 0.2) is 5.25 Å². The summed E-state index contributed by atoms with van der Waals surface area (Å²) in [5.74, 6) is -0.255. The molecule has 0 aromatic heterocycles. The number of aliphatic hydroxyl groups excluding tert-OH is 7. The first kappa shape index (κ1) is 22.0. The lowest BCUT2D eigenvalue weighted by Crippen LogP contribution is -2.51. The Hall–Kier alpha value is -0.0600. The van der Waals surface area contributed by atoms with Crippen LogP contribution in [0.3, 0.4) is 0 Å². The summed E-state index contributed by atoms with van der Waals surface area (Å²) in [6.45, 7) is -1.44. The quantitative estimate of drug-likeness (QED) is 0.137. The lowest BCUT2D eigenvalue weighted by Gasteiger charge is -2.28. The van der Waals surface area contributed by atoms with E-state index in [0.717, 1.165) is 0 Å². The second kappa shape index (κ2) is 9.05. The van der Waals surface area contributed by atoms with E-state index in [9.17, 15) is 39.1 Å². The first-order valence-electron chi connectivity index (χ1n) is 6.95. The van der Waals surface area contributed by atoms with Gasteiger partial charge in [0.2, 0.25) is 0 Å². The summed E-state index contributed by atoms with van der Waals surface area (Å²) in [4.78, 5) is 0. The Morgan fingerprint density at radius 3 is 2.17 bits per heavy atom. The fraction of sp³-hybridized carbons (Fsp3) is 1.00. The molecule has 0 amide bonds. The summed E-state index contributed by atoms with van der Waals surface area (Å²) in [5.41, 5.74) is 0. The minimum atomic E-state index is -5.09. The summed E-state index contributed by atoms with van der Waals surface area (Å²) in [6, 6.07) is 0. The van der Waals surface area contributed by atoms with E-state index >= 15 is 0 Å². The molecule has 24 heavy (non-hydrogen) atoms. The van der Waals surface area contributed by atoms with Crippen LogP contribution in [0.15, 0.2) is 0 Å². The molecule has 1 unspecified atom stereocenters. The van der Waals surface area contributed by atoms with E-state index in [1.54, 1.807) is 0 Å². The second-order valence-electron chi connectivity index (χ2n) is 5.45. The van der Waals surface area contributed by atoms with Crippen LogP contribution in [0, 0.1) is 0 Å². The zero-order valence-electron chi connectivity index (χ0n) is 12.5. The molecule has 11 nitrogen and oxygen atoms in total. The molecule has 0 saturated carbocycles. The van der Waals surface area contributed by atoms with Gasteiger partial charge in [-0.2, -0.15) is 8.42 Å². The molecule has 0 aliphatic carbocycles. The van der Waals surface area contributed by atoms with Gasteiger partial charge in [0.25, 0.3) is 0 Å². The summed E-state index contributed by atoms with van der Waals surface area (Å²) in [6.07, 6.45) is -9.98. The van der Waals surface area contributed by atoms with E-state index in [0.29, 0.717) is 0 Å². The molecule has 1 fully saturated rings. The van der Waals surface area contributed by atoms with Gasteiger partial charge in [0.05, 0.1) is 13.2 Å². The molecule has 0 aromatic carbocycles. The van der Waals surface area contributed by atoms with Crippen LogP contribution < -0.4 is 0 Å². The zero-order valence-corrected chi connectivity index (χ0v) is 14.1. The van der Waals surface area contributed by atoms with E-state index < -0.39 is 76.4 Å². The van der Waals surface area contributed by atoms with Gasteiger partial charge in [-0.1, -0.05) is 0 Å². The van der Waals surface area contributed by atoms with Gasteiger partial charge in [0.1, 0.15) is 48.1 Å². The summed E-state index contributed by atoms with van der Waals surface area (Å²) in [5, 5.41) is 66.0. The van der Waals surface area contributed by atoms with Crippen molar-refractivity contribution in [3.63, 3.8) is 0 Å². The molecule has 0 bridgehead atoms. The fourth-order valence-corrected chi connectivity index (χ4v) is 5.63. The molecule has 144 valence electrons. The van der Waals surface area contributed by atoms with Gasteiger partial charge in [-0.15, -0.1) is 0 Å². The van der Waals surface area contributed by atoms with Crippen LogP contribution in [0.25, 0.3) is 0 Å². The van der Waals surface area contributed by atoms with Crippen LogP contribution in [0.4, 0.5) is 0 Å². The first-order chi connectivity index (χ1) is 11.0. The molecular formula is C11H23O11S2+. The molecule has 1 saturated heterocycles. The van der Waals surface area contributed by atoms with Crippen molar-refractivity contribution in [2.75, 3.05) is 24.7 Å². The Labute approximate surface area is 141 Å². The number of rotatable bonds is 9. The molecular weight excluding hydrogens is 372 g/mol. The molecule has 8 N–H and O–H groups in total. The Bertz CT molecular complexity index is 486. The van der Waals surface area contributed by atoms with Crippen molar-refractivity contribution in [2.24, 2.45) is 0 Å². The van der Waals surface area contributed by atoms with Gasteiger partial charge < -0.3 is 35.7 Å². The van der Waals surface area contributed by atoms with Crippen molar-refractivity contribution in [3.8, 4) is 0 Å². The van der Waals surface area contributed by atoms with E-state index in [4.69, 9.17) is 9.66 Å². The Morgan fingerprint density at radius 2 is 1.71 bits per heavy atom. The van der Waals surface area contributed by atoms with Gasteiger partial charge in [-0.25, -0.2) is 4.18 Å². The van der Waals surface area contributed by atoms with Crippen LogP contribution >= 0.6 is 0 Å². The Kier molecular flexibility index (Phi) is 8.28. The average Bonchev–Trinajstić information content (AvgIpc) is 2.76. The van der Waals surface area contributed by atoms with Gasteiger partial charge in [-0.05, 0) is 0 Å². The molecule has 1 rings (SSSR count). The molecule has 1 heterocycles. The van der Waals surface area contributed by atoms with Crippen LogP contribution in [-0.2, 0) is 25.5 Å². The number of hydrogen-bond donors (Lipinski definition) is 8. The topological polar surface area (TPSA) is 205 Å². The van der Waals surface area contributed by atoms with Gasteiger partial charge in [0, 0.05) is 10.9 Å². The maximum absolute atomic E-state index is 10.9. The van der Waals surface area contributed by atoms with Crippen LogP contribution in [0.5, 0.6) is 0 Å². The van der Waals surface area contributed by atoms with Crippen molar-refractivity contribution in [2.45, 2.75) is 41.9 Å². The minimum Gasteiger partial charge on any atom is -0.394 e. The highest BCUT2D eigenvalue weighted by Crippen LogP contribution is 2.26. The molecule has 1 aliphatic heterocycles. The molecule has 1 aliphatic rings.